The van der Waals surface area contributed by atoms with Gasteiger partial charge in [-0.3, -0.25) is 4.79 Å². The van der Waals surface area contributed by atoms with Crippen LogP contribution in [-0.2, 0) is 11.3 Å². The monoisotopic (exact) mass is 315 g/mol. The fraction of sp³-hybridized carbons (Fsp3) is 0.125. The van der Waals surface area contributed by atoms with Crippen LogP contribution >= 0.6 is 11.8 Å². The summed E-state index contributed by atoms with van der Waals surface area (Å²) in [6.07, 6.45) is 0. The van der Waals surface area contributed by atoms with E-state index in [2.05, 4.69) is 15.3 Å². The molecule has 0 aliphatic heterocycles. The Morgan fingerprint density at radius 2 is 1.95 bits per heavy atom. The van der Waals surface area contributed by atoms with Crippen LogP contribution in [0.5, 0.6) is 0 Å². The SMILES string of the molecule is O=C(CSc1ccc(F)cc1)NCc1nc2ccccc2[nH]1. The van der Waals surface area contributed by atoms with Gasteiger partial charge in [-0.15, -0.1) is 11.8 Å². The first-order chi connectivity index (χ1) is 10.7. The minimum absolute atomic E-state index is 0.0882. The number of hydrogen-bond donors (Lipinski definition) is 2. The number of carbonyl (C=O) groups is 1. The molecular formula is C16H14FN3OS. The highest BCUT2D eigenvalue weighted by Crippen LogP contribution is 2.17. The van der Waals surface area contributed by atoms with Crippen LogP contribution in [0.15, 0.2) is 53.4 Å². The van der Waals surface area contributed by atoms with Crippen molar-refractivity contribution in [2.45, 2.75) is 11.4 Å². The molecule has 2 N–H and O–H groups in total. The number of para-hydroxylation sites is 2. The summed E-state index contributed by atoms with van der Waals surface area (Å²) in [6.45, 7) is 0.359. The molecule has 0 fully saturated rings. The molecule has 0 unspecified atom stereocenters. The van der Waals surface area contributed by atoms with Gasteiger partial charge < -0.3 is 10.3 Å². The Hall–Kier alpha value is -2.34. The van der Waals surface area contributed by atoms with E-state index in [1.54, 1.807) is 12.1 Å². The van der Waals surface area contributed by atoms with Gasteiger partial charge in [-0.25, -0.2) is 9.37 Å². The Morgan fingerprint density at radius 3 is 2.73 bits per heavy atom. The fourth-order valence-electron chi connectivity index (χ4n) is 2.00. The molecule has 2 aromatic carbocycles. The van der Waals surface area contributed by atoms with E-state index in [0.29, 0.717) is 6.54 Å². The number of carbonyl (C=O) groups excluding carboxylic acids is 1. The zero-order valence-corrected chi connectivity index (χ0v) is 12.5. The van der Waals surface area contributed by atoms with E-state index in [0.717, 1.165) is 21.8 Å². The predicted octanol–water partition coefficient (Wildman–Crippen LogP) is 3.11. The maximum atomic E-state index is 12.8. The highest BCUT2D eigenvalue weighted by molar-refractivity contribution is 8.00. The van der Waals surface area contributed by atoms with Gasteiger partial charge >= 0.3 is 0 Å². The molecule has 22 heavy (non-hydrogen) atoms. The van der Waals surface area contributed by atoms with Gasteiger partial charge in [0.2, 0.25) is 5.91 Å². The highest BCUT2D eigenvalue weighted by Gasteiger charge is 2.06. The first kappa shape index (κ1) is 14.6. The van der Waals surface area contributed by atoms with Gasteiger partial charge in [0.1, 0.15) is 11.6 Å². The molecule has 0 aliphatic rings. The quantitative estimate of drug-likeness (QED) is 0.711. The molecule has 0 saturated carbocycles. The zero-order valence-electron chi connectivity index (χ0n) is 11.7. The van der Waals surface area contributed by atoms with E-state index in [1.807, 2.05) is 24.3 Å². The van der Waals surface area contributed by atoms with Gasteiger partial charge in [0.25, 0.3) is 0 Å². The third-order valence-electron chi connectivity index (χ3n) is 3.07. The molecule has 3 aromatic rings. The Bertz CT molecular complexity index is 752. The summed E-state index contributed by atoms with van der Waals surface area (Å²) in [7, 11) is 0. The minimum atomic E-state index is -0.279. The maximum absolute atomic E-state index is 12.8. The number of benzene rings is 2. The van der Waals surface area contributed by atoms with Crippen LogP contribution in [0, 0.1) is 5.82 Å². The third kappa shape index (κ3) is 3.65. The number of rotatable bonds is 5. The standard InChI is InChI=1S/C16H14FN3OS/c17-11-5-7-12(8-6-11)22-10-16(21)18-9-15-19-13-3-1-2-4-14(13)20-15/h1-8H,9-10H2,(H,18,21)(H,19,20). The van der Waals surface area contributed by atoms with Crippen LogP contribution in [0.3, 0.4) is 0 Å². The van der Waals surface area contributed by atoms with Gasteiger partial charge in [0.15, 0.2) is 0 Å². The van der Waals surface area contributed by atoms with E-state index >= 15 is 0 Å². The Labute approximate surface area is 131 Å². The van der Waals surface area contributed by atoms with Gasteiger partial charge in [-0.05, 0) is 36.4 Å². The summed E-state index contributed by atoms with van der Waals surface area (Å²) >= 11 is 1.37. The fourth-order valence-corrected chi connectivity index (χ4v) is 2.73. The van der Waals surface area contributed by atoms with Crippen LogP contribution in [0.2, 0.25) is 0 Å². The number of hydrogen-bond acceptors (Lipinski definition) is 3. The molecular weight excluding hydrogens is 301 g/mol. The van der Waals surface area contributed by atoms with Crippen molar-refractivity contribution in [2.75, 3.05) is 5.75 Å². The molecule has 1 amide bonds. The van der Waals surface area contributed by atoms with E-state index < -0.39 is 0 Å². The molecule has 112 valence electrons. The van der Waals surface area contributed by atoms with Crippen molar-refractivity contribution < 1.29 is 9.18 Å². The van der Waals surface area contributed by atoms with Crippen LogP contribution < -0.4 is 5.32 Å². The second-order valence-electron chi connectivity index (χ2n) is 4.72. The van der Waals surface area contributed by atoms with E-state index in [4.69, 9.17) is 0 Å². The van der Waals surface area contributed by atoms with Crippen molar-refractivity contribution >= 4 is 28.7 Å². The molecule has 4 nitrogen and oxygen atoms in total. The first-order valence-corrected chi connectivity index (χ1v) is 7.78. The number of nitrogens with one attached hydrogen (secondary N) is 2. The van der Waals surface area contributed by atoms with E-state index in [1.165, 1.54) is 23.9 Å². The summed E-state index contributed by atoms with van der Waals surface area (Å²) < 4.78 is 12.8. The summed E-state index contributed by atoms with van der Waals surface area (Å²) in [5.74, 6) is 0.640. The van der Waals surface area contributed by atoms with Gasteiger partial charge in [-0.2, -0.15) is 0 Å². The Balaban J connectivity index is 1.50. The van der Waals surface area contributed by atoms with Crippen LogP contribution in [0.1, 0.15) is 5.82 Å². The highest BCUT2D eigenvalue weighted by atomic mass is 32.2. The number of aromatic amines is 1. The smallest absolute Gasteiger partial charge is 0.230 e. The van der Waals surface area contributed by atoms with E-state index in [9.17, 15) is 9.18 Å². The number of thioether (sulfide) groups is 1. The number of H-pyrrole nitrogens is 1. The second kappa shape index (κ2) is 6.62. The summed E-state index contributed by atoms with van der Waals surface area (Å²) in [4.78, 5) is 20.2. The summed E-state index contributed by atoms with van der Waals surface area (Å²) in [6, 6.07) is 13.8. The summed E-state index contributed by atoms with van der Waals surface area (Å²) in [5.41, 5.74) is 1.83. The average Bonchev–Trinajstić information content (AvgIpc) is 2.95. The molecule has 1 heterocycles. The normalized spacial score (nSPS) is 10.8. The largest absolute Gasteiger partial charge is 0.348 e. The molecule has 0 spiro atoms. The van der Waals surface area contributed by atoms with Crippen LogP contribution in [-0.4, -0.2) is 21.6 Å². The van der Waals surface area contributed by atoms with Crippen LogP contribution in [0.25, 0.3) is 11.0 Å². The number of nitrogens with zero attached hydrogens (tertiary/aromatic N) is 1. The lowest BCUT2D eigenvalue weighted by molar-refractivity contribution is -0.118. The van der Waals surface area contributed by atoms with Crippen molar-refractivity contribution in [3.8, 4) is 0 Å². The van der Waals surface area contributed by atoms with Crippen molar-refractivity contribution in [1.29, 1.82) is 0 Å². The molecule has 0 saturated heterocycles. The first-order valence-electron chi connectivity index (χ1n) is 6.79. The Morgan fingerprint density at radius 1 is 1.18 bits per heavy atom. The lowest BCUT2D eigenvalue weighted by Gasteiger charge is -2.03. The number of fused-ring (bicyclic) bond motifs is 1. The molecule has 0 aliphatic carbocycles. The topological polar surface area (TPSA) is 57.8 Å². The van der Waals surface area contributed by atoms with Crippen molar-refractivity contribution in [3.63, 3.8) is 0 Å². The van der Waals surface area contributed by atoms with Gasteiger partial charge in [0.05, 0.1) is 23.3 Å². The molecule has 0 bridgehead atoms. The minimum Gasteiger partial charge on any atom is -0.348 e. The lowest BCUT2D eigenvalue weighted by atomic mass is 10.3. The molecule has 0 radical (unpaired) electrons. The molecule has 6 heteroatoms. The second-order valence-corrected chi connectivity index (χ2v) is 5.77. The van der Waals surface area contributed by atoms with Crippen molar-refractivity contribution in [2.24, 2.45) is 0 Å². The lowest BCUT2D eigenvalue weighted by Crippen LogP contribution is -2.25. The zero-order chi connectivity index (χ0) is 15.4. The number of amides is 1. The average molecular weight is 315 g/mol. The molecule has 3 rings (SSSR count). The molecule has 1 aromatic heterocycles. The number of aromatic nitrogens is 2. The Kier molecular flexibility index (Phi) is 4.39. The van der Waals surface area contributed by atoms with Gasteiger partial charge in [0, 0.05) is 4.90 Å². The van der Waals surface area contributed by atoms with Crippen molar-refractivity contribution in [1.82, 2.24) is 15.3 Å². The van der Waals surface area contributed by atoms with E-state index in [-0.39, 0.29) is 17.5 Å². The third-order valence-corrected chi connectivity index (χ3v) is 4.09. The number of imidazole rings is 1. The van der Waals surface area contributed by atoms with Crippen LogP contribution in [0.4, 0.5) is 4.39 Å². The van der Waals surface area contributed by atoms with Crippen molar-refractivity contribution in [3.05, 3.63) is 60.2 Å². The van der Waals surface area contributed by atoms with Gasteiger partial charge in [-0.1, -0.05) is 12.1 Å². The molecule has 0 atom stereocenters. The maximum Gasteiger partial charge on any atom is 0.230 e. The summed E-state index contributed by atoms with van der Waals surface area (Å²) in [5, 5.41) is 2.81. The predicted molar refractivity (Wildman–Crippen MR) is 85.1 cm³/mol. The number of halogens is 1.